The van der Waals surface area contributed by atoms with Crippen molar-refractivity contribution in [2.75, 3.05) is 13.7 Å². The van der Waals surface area contributed by atoms with Gasteiger partial charge in [0.1, 0.15) is 11.7 Å². The van der Waals surface area contributed by atoms with E-state index in [9.17, 15) is 19.5 Å². The zero-order chi connectivity index (χ0) is 47.3. The van der Waals surface area contributed by atoms with Gasteiger partial charge in [-0.1, -0.05) is 113 Å². The van der Waals surface area contributed by atoms with Crippen LogP contribution in [0.4, 0.5) is 0 Å². The molecule has 0 aromatic carbocycles. The predicted molar refractivity (Wildman–Crippen MR) is 264 cm³/mol. The second-order valence-corrected chi connectivity index (χ2v) is 21.1. The summed E-state index contributed by atoms with van der Waals surface area (Å²) in [5, 5.41) is 20.8. The smallest absolute Gasteiger partial charge is 0.320 e. The summed E-state index contributed by atoms with van der Waals surface area (Å²) < 4.78 is 11.3. The van der Waals surface area contributed by atoms with Gasteiger partial charge in [0.05, 0.1) is 30.8 Å². The lowest BCUT2D eigenvalue weighted by atomic mass is 9.80. The first-order chi connectivity index (χ1) is 30.9. The highest BCUT2D eigenvalue weighted by Gasteiger charge is 2.47. The number of fused-ring (bicyclic) bond motifs is 8. The molecule has 6 rings (SSSR count). The van der Waals surface area contributed by atoms with Crippen molar-refractivity contribution in [1.82, 2.24) is 20.6 Å². The number of rotatable bonds is 21. The summed E-state index contributed by atoms with van der Waals surface area (Å²) in [5.74, 6) is 1.20. The highest BCUT2D eigenvalue weighted by Crippen LogP contribution is 2.43. The van der Waals surface area contributed by atoms with Crippen molar-refractivity contribution >= 4 is 47.3 Å². The average Bonchev–Trinajstić information content (AvgIpc) is 4.00. The van der Waals surface area contributed by atoms with E-state index in [0.717, 1.165) is 82.3 Å². The molecule has 0 radical (unpaired) electrons. The van der Waals surface area contributed by atoms with Crippen molar-refractivity contribution in [2.45, 2.75) is 166 Å². The van der Waals surface area contributed by atoms with Gasteiger partial charge < -0.3 is 35.2 Å². The lowest BCUT2D eigenvalue weighted by Crippen LogP contribution is -2.38. The number of allylic oxidation sites excluding steroid dienone is 3. The number of aromatic nitrogens is 2. The van der Waals surface area contributed by atoms with Gasteiger partial charge in [-0.15, -0.1) is 0 Å². The number of carbonyl (C=O) groups is 3. The van der Waals surface area contributed by atoms with Crippen molar-refractivity contribution in [1.29, 1.82) is 0 Å². The number of ether oxygens (including phenoxy) is 2. The molecular formula is C55H82N4O6. The average molecular weight is 895 g/mol. The lowest BCUT2D eigenvalue weighted by Gasteiger charge is -2.26. The van der Waals surface area contributed by atoms with Crippen LogP contribution in [-0.2, 0) is 19.1 Å². The lowest BCUT2D eigenvalue weighted by molar-refractivity contribution is -0.144. The van der Waals surface area contributed by atoms with Crippen LogP contribution in [0, 0.1) is 67.1 Å². The summed E-state index contributed by atoms with van der Waals surface area (Å²) in [6.45, 7) is 24.2. The summed E-state index contributed by atoms with van der Waals surface area (Å²) in [7, 11) is 1.35. The first-order valence-corrected chi connectivity index (χ1v) is 25.3. The summed E-state index contributed by atoms with van der Waals surface area (Å²) in [5.41, 5.74) is 8.52. The molecule has 4 aliphatic rings. The van der Waals surface area contributed by atoms with E-state index in [2.05, 4.69) is 94.2 Å². The molecule has 5 heterocycles. The van der Waals surface area contributed by atoms with Crippen LogP contribution in [0.2, 0.25) is 0 Å². The van der Waals surface area contributed by atoms with Crippen molar-refractivity contribution in [3.63, 3.8) is 0 Å². The van der Waals surface area contributed by atoms with E-state index in [1.54, 1.807) is 6.92 Å². The molecule has 10 heteroatoms. The van der Waals surface area contributed by atoms with E-state index in [-0.39, 0.29) is 47.6 Å². The number of hydrogen-bond acceptors (Lipinski definition) is 8. The normalized spacial score (nSPS) is 26.1. The Morgan fingerprint density at radius 1 is 0.754 bits per heavy atom. The zero-order valence-electron chi connectivity index (χ0n) is 41.9. The Balaban J connectivity index is 1.18. The van der Waals surface area contributed by atoms with Crippen LogP contribution in [0.25, 0.3) is 29.6 Å². The van der Waals surface area contributed by atoms with Crippen LogP contribution in [0.1, 0.15) is 184 Å². The van der Waals surface area contributed by atoms with Crippen LogP contribution in [-0.4, -0.2) is 52.6 Å². The fourth-order valence-corrected chi connectivity index (χ4v) is 11.5. The molecule has 9 atom stereocenters. The van der Waals surface area contributed by atoms with Gasteiger partial charge in [0.25, 0.3) is 0 Å². The molecule has 1 aliphatic carbocycles. The Morgan fingerprint density at radius 2 is 1.34 bits per heavy atom. The highest BCUT2D eigenvalue weighted by molar-refractivity contribution is 6.00. The summed E-state index contributed by atoms with van der Waals surface area (Å²) in [6, 6.07) is -0.426. The topological polar surface area (TPSA) is 146 Å². The van der Waals surface area contributed by atoms with Gasteiger partial charge in [0.15, 0.2) is 5.78 Å². The number of hydrogen-bond donors (Lipinski definition) is 5. The molecule has 0 spiro atoms. The molecule has 3 aliphatic heterocycles. The maximum Gasteiger partial charge on any atom is 0.320 e. The van der Waals surface area contributed by atoms with Gasteiger partial charge in [-0.05, 0) is 105 Å². The molecule has 2 aromatic heterocycles. The second kappa shape index (κ2) is 21.9. The molecule has 5 N–H and O–H groups in total. The standard InChI is InChI=1S/C55H82N4O6/c1-13-39-34(7)41-29-46-48(38(11)60)36(9)43(57-46)27-42-35(8)40(52(58-42)50-51(55(63)64-12)54(62)49-37(10)44(59-53(49)50)28-45(39)56-41)23-24-47(61)65-26-25-33(6)22-16-21-32(5)20-15-19-31(4)18-14-17-30(2)3/h27-35,39-40,51-52,56-59,62H,13-26H2,1-12H3/b41-29-,42-27-,45-28-/t31-,32-,33?,34+,35-,39+,40-,51+,52-/m0/s1. The molecule has 358 valence electrons. The Kier molecular flexibility index (Phi) is 16.8. The highest BCUT2D eigenvalue weighted by atomic mass is 16.5. The third kappa shape index (κ3) is 11.2. The van der Waals surface area contributed by atoms with Crippen LogP contribution in [0.3, 0.4) is 0 Å². The number of methoxy groups -OCH3 is 1. The quantitative estimate of drug-likeness (QED) is 0.0615. The number of aromatic amines is 2. The van der Waals surface area contributed by atoms with Crippen LogP contribution in [0.15, 0.2) is 17.1 Å². The van der Waals surface area contributed by atoms with E-state index < -0.39 is 17.9 Å². The van der Waals surface area contributed by atoms with Gasteiger partial charge in [-0.2, -0.15) is 0 Å². The SMILES string of the molecule is CC[C@H]1/C2=C/c3[nH]c4c(c3C)=C(O)[C@H](C(=O)OC)C=4[C@H]3N/C(=C\c4[nH]c(c(C(C)=O)c4C)/C=C(\N2)[C@@H]1C)[C@@H](C)[C@@H]3CCC(=O)OCCC(C)CCC[C@@H](C)CCC[C@@H](C)CCCC(C)C. The number of esters is 2. The minimum atomic E-state index is -1.01. The molecule has 1 unspecified atom stereocenters. The Hall–Kier alpha value is -4.47. The van der Waals surface area contributed by atoms with Crippen molar-refractivity contribution < 1.29 is 29.0 Å². The number of carbonyl (C=O) groups excluding carboxylic acids is 3. The Labute approximate surface area is 389 Å². The van der Waals surface area contributed by atoms with Crippen LogP contribution >= 0.6 is 0 Å². The van der Waals surface area contributed by atoms with Crippen LogP contribution in [0.5, 0.6) is 0 Å². The minimum Gasteiger partial charge on any atom is -0.510 e. The van der Waals surface area contributed by atoms with Crippen molar-refractivity contribution in [3.8, 4) is 0 Å². The van der Waals surface area contributed by atoms with Crippen molar-refractivity contribution in [2.24, 2.45) is 53.3 Å². The molecular weight excluding hydrogens is 813 g/mol. The first kappa shape index (κ1) is 50.0. The Bertz CT molecular complexity index is 2270. The largest absolute Gasteiger partial charge is 0.510 e. The fourth-order valence-electron chi connectivity index (χ4n) is 11.5. The minimum absolute atomic E-state index is 0.0129. The Morgan fingerprint density at radius 3 is 1.94 bits per heavy atom. The molecule has 2 fully saturated rings. The number of H-pyrrole nitrogens is 2. The fraction of sp³-hybridized carbons (Fsp3) is 0.655. The molecule has 65 heavy (non-hydrogen) atoms. The maximum atomic E-state index is 13.7. The number of aliphatic hydroxyl groups is 1. The predicted octanol–water partition coefficient (Wildman–Crippen LogP) is 10.8. The molecule has 0 saturated carbocycles. The van der Waals surface area contributed by atoms with E-state index in [1.807, 2.05) is 13.8 Å². The van der Waals surface area contributed by atoms with Gasteiger partial charge in [0.2, 0.25) is 0 Å². The maximum absolute atomic E-state index is 13.7. The van der Waals surface area contributed by atoms with Crippen LogP contribution < -0.4 is 21.2 Å². The second-order valence-electron chi connectivity index (χ2n) is 21.1. The van der Waals surface area contributed by atoms with Gasteiger partial charge >= 0.3 is 11.9 Å². The third-order valence-electron chi connectivity index (χ3n) is 15.7. The van der Waals surface area contributed by atoms with Gasteiger partial charge in [-0.3, -0.25) is 14.4 Å². The van der Waals surface area contributed by atoms with Crippen molar-refractivity contribution in [3.05, 3.63) is 61.4 Å². The van der Waals surface area contributed by atoms with E-state index in [4.69, 9.17) is 9.47 Å². The van der Waals surface area contributed by atoms with E-state index >= 15 is 0 Å². The molecule has 10 nitrogen and oxygen atoms in total. The van der Waals surface area contributed by atoms with Gasteiger partial charge in [0, 0.05) is 63.4 Å². The van der Waals surface area contributed by atoms with E-state index in [1.165, 1.54) is 58.5 Å². The number of nitrogens with one attached hydrogen (secondary N) is 4. The summed E-state index contributed by atoms with van der Waals surface area (Å²) in [4.78, 5) is 47.7. The third-order valence-corrected chi connectivity index (χ3v) is 15.7. The number of Topliss-reactive ketones (excluding diaryl/α,β-unsaturated/α-hetero) is 1. The monoisotopic (exact) mass is 895 g/mol. The molecule has 8 bridgehead atoms. The summed E-state index contributed by atoms with van der Waals surface area (Å²) in [6.07, 6.45) is 20.4. The van der Waals surface area contributed by atoms with Gasteiger partial charge in [-0.25, -0.2) is 0 Å². The molecule has 2 saturated heterocycles. The summed E-state index contributed by atoms with van der Waals surface area (Å²) >= 11 is 0. The zero-order valence-corrected chi connectivity index (χ0v) is 41.9. The number of aliphatic hydroxyl groups excluding tert-OH is 1. The van der Waals surface area contributed by atoms with E-state index in [0.29, 0.717) is 40.6 Å². The number of ketones is 1. The molecule has 0 amide bonds. The first-order valence-electron chi connectivity index (χ1n) is 25.3. The molecule has 2 aromatic rings.